The second-order valence-electron chi connectivity index (χ2n) is 4.26. The number of rotatable bonds is 2. The lowest BCUT2D eigenvalue weighted by Crippen LogP contribution is -1.93. The number of hydrogen-bond acceptors (Lipinski definition) is 0. The molecule has 0 spiro atoms. The van der Waals surface area contributed by atoms with Gasteiger partial charge < -0.3 is 0 Å². The molecule has 0 radical (unpaired) electrons. The minimum absolute atomic E-state index is 0.116. The Bertz CT molecular complexity index is 472. The standard InChI is InChI=1S/C15H15F/c1-11(2)14-10-13(8-9-15(14)16)12-6-4-3-5-7-12/h3-11H,1-2H3. The Morgan fingerprint density at radius 3 is 2.19 bits per heavy atom. The third kappa shape index (κ3) is 2.13. The monoisotopic (exact) mass is 214 g/mol. The van der Waals surface area contributed by atoms with Gasteiger partial charge in [-0.15, -0.1) is 0 Å². The Kier molecular flexibility index (Phi) is 3.04. The highest BCUT2D eigenvalue weighted by Crippen LogP contribution is 2.25. The average molecular weight is 214 g/mol. The minimum Gasteiger partial charge on any atom is -0.207 e. The summed E-state index contributed by atoms with van der Waals surface area (Å²) < 4.78 is 13.5. The van der Waals surface area contributed by atoms with Gasteiger partial charge in [0.05, 0.1) is 0 Å². The molecule has 1 heteroatoms. The quantitative estimate of drug-likeness (QED) is 0.684. The summed E-state index contributed by atoms with van der Waals surface area (Å²) in [7, 11) is 0. The van der Waals surface area contributed by atoms with E-state index in [9.17, 15) is 4.39 Å². The van der Waals surface area contributed by atoms with Crippen molar-refractivity contribution in [3.05, 3.63) is 59.9 Å². The first-order chi connectivity index (χ1) is 7.68. The molecule has 0 atom stereocenters. The molecule has 2 rings (SSSR count). The number of halogens is 1. The fourth-order valence-electron chi connectivity index (χ4n) is 1.80. The average Bonchev–Trinajstić information content (AvgIpc) is 2.30. The van der Waals surface area contributed by atoms with Crippen molar-refractivity contribution in [2.24, 2.45) is 0 Å². The van der Waals surface area contributed by atoms with E-state index in [-0.39, 0.29) is 11.7 Å². The van der Waals surface area contributed by atoms with Gasteiger partial charge in [-0.3, -0.25) is 0 Å². The molecule has 0 nitrogen and oxygen atoms in total. The van der Waals surface area contributed by atoms with Crippen molar-refractivity contribution in [2.45, 2.75) is 19.8 Å². The first kappa shape index (κ1) is 10.9. The van der Waals surface area contributed by atoms with Crippen LogP contribution in [0.15, 0.2) is 48.5 Å². The molecule has 0 heterocycles. The van der Waals surface area contributed by atoms with Gasteiger partial charge in [-0.2, -0.15) is 0 Å². The summed E-state index contributed by atoms with van der Waals surface area (Å²) in [6.07, 6.45) is 0. The minimum atomic E-state index is -0.116. The van der Waals surface area contributed by atoms with Crippen LogP contribution < -0.4 is 0 Å². The number of benzene rings is 2. The summed E-state index contributed by atoms with van der Waals surface area (Å²) in [4.78, 5) is 0. The highest BCUT2D eigenvalue weighted by Gasteiger charge is 2.08. The van der Waals surface area contributed by atoms with Crippen molar-refractivity contribution in [2.75, 3.05) is 0 Å². The summed E-state index contributed by atoms with van der Waals surface area (Å²) in [6.45, 7) is 4.01. The first-order valence-electron chi connectivity index (χ1n) is 5.53. The molecular formula is C15H15F. The van der Waals surface area contributed by atoms with E-state index in [4.69, 9.17) is 0 Å². The molecule has 0 aliphatic rings. The SMILES string of the molecule is CC(C)c1cc(-c2ccccc2)ccc1F. The molecule has 82 valence electrons. The summed E-state index contributed by atoms with van der Waals surface area (Å²) >= 11 is 0. The lowest BCUT2D eigenvalue weighted by atomic mass is 9.97. The van der Waals surface area contributed by atoms with Crippen molar-refractivity contribution in [3.8, 4) is 11.1 Å². The van der Waals surface area contributed by atoms with E-state index < -0.39 is 0 Å². The number of hydrogen-bond donors (Lipinski definition) is 0. The molecule has 0 N–H and O–H groups in total. The largest absolute Gasteiger partial charge is 0.207 e. The predicted octanol–water partition coefficient (Wildman–Crippen LogP) is 4.62. The zero-order chi connectivity index (χ0) is 11.5. The fraction of sp³-hybridized carbons (Fsp3) is 0.200. The van der Waals surface area contributed by atoms with Crippen molar-refractivity contribution in [3.63, 3.8) is 0 Å². The van der Waals surface area contributed by atoms with Crippen molar-refractivity contribution >= 4 is 0 Å². The molecule has 0 amide bonds. The summed E-state index contributed by atoms with van der Waals surface area (Å²) in [5, 5.41) is 0. The van der Waals surface area contributed by atoms with Crippen LogP contribution in [0.5, 0.6) is 0 Å². The van der Waals surface area contributed by atoms with Gasteiger partial charge in [-0.1, -0.05) is 50.2 Å². The van der Waals surface area contributed by atoms with Crippen LogP contribution in [0.2, 0.25) is 0 Å². The Morgan fingerprint density at radius 1 is 0.875 bits per heavy atom. The van der Waals surface area contributed by atoms with Crippen LogP contribution in [0.1, 0.15) is 25.3 Å². The molecule has 2 aromatic rings. The maximum atomic E-state index is 13.5. The maximum absolute atomic E-state index is 13.5. The maximum Gasteiger partial charge on any atom is 0.126 e. The molecule has 2 aromatic carbocycles. The van der Waals surface area contributed by atoms with Crippen molar-refractivity contribution in [1.29, 1.82) is 0 Å². The van der Waals surface area contributed by atoms with Crippen LogP contribution in [0.3, 0.4) is 0 Å². The summed E-state index contributed by atoms with van der Waals surface area (Å²) in [6, 6.07) is 15.4. The molecule has 16 heavy (non-hydrogen) atoms. The van der Waals surface area contributed by atoms with E-state index in [1.54, 1.807) is 6.07 Å². The van der Waals surface area contributed by atoms with Gasteiger partial charge in [0.1, 0.15) is 5.82 Å². The fourth-order valence-corrected chi connectivity index (χ4v) is 1.80. The van der Waals surface area contributed by atoms with Gasteiger partial charge in [-0.05, 0) is 34.7 Å². The molecule has 0 aliphatic heterocycles. The molecule has 0 fully saturated rings. The van der Waals surface area contributed by atoms with E-state index >= 15 is 0 Å². The van der Waals surface area contributed by atoms with Gasteiger partial charge in [0.15, 0.2) is 0 Å². The predicted molar refractivity (Wildman–Crippen MR) is 65.9 cm³/mol. The Hall–Kier alpha value is -1.63. The van der Waals surface area contributed by atoms with Crippen LogP contribution in [0, 0.1) is 5.82 Å². The molecule has 0 unspecified atom stereocenters. The van der Waals surface area contributed by atoms with Gasteiger partial charge in [0, 0.05) is 0 Å². The van der Waals surface area contributed by atoms with Crippen LogP contribution in [0.25, 0.3) is 11.1 Å². The molecule has 0 aliphatic carbocycles. The van der Waals surface area contributed by atoms with Gasteiger partial charge in [0.25, 0.3) is 0 Å². The van der Waals surface area contributed by atoms with Crippen molar-refractivity contribution < 1.29 is 4.39 Å². The summed E-state index contributed by atoms with van der Waals surface area (Å²) in [5.74, 6) is 0.0957. The Balaban J connectivity index is 2.48. The molecule has 0 bridgehead atoms. The van der Waals surface area contributed by atoms with E-state index in [1.165, 1.54) is 0 Å². The van der Waals surface area contributed by atoms with Crippen LogP contribution in [0.4, 0.5) is 4.39 Å². The van der Waals surface area contributed by atoms with Crippen LogP contribution in [-0.4, -0.2) is 0 Å². The highest BCUT2D eigenvalue weighted by atomic mass is 19.1. The Labute approximate surface area is 95.7 Å². The third-order valence-corrected chi connectivity index (χ3v) is 2.73. The van der Waals surface area contributed by atoms with Crippen LogP contribution >= 0.6 is 0 Å². The van der Waals surface area contributed by atoms with E-state index in [2.05, 4.69) is 0 Å². The zero-order valence-electron chi connectivity index (χ0n) is 9.57. The van der Waals surface area contributed by atoms with E-state index in [0.717, 1.165) is 16.7 Å². The smallest absolute Gasteiger partial charge is 0.126 e. The highest BCUT2D eigenvalue weighted by molar-refractivity contribution is 5.64. The van der Waals surface area contributed by atoms with Crippen molar-refractivity contribution in [1.82, 2.24) is 0 Å². The summed E-state index contributed by atoms with van der Waals surface area (Å²) in [5.41, 5.74) is 2.98. The Morgan fingerprint density at radius 2 is 1.56 bits per heavy atom. The molecule has 0 saturated heterocycles. The van der Waals surface area contributed by atoms with E-state index in [0.29, 0.717) is 0 Å². The second-order valence-corrected chi connectivity index (χ2v) is 4.26. The zero-order valence-corrected chi connectivity index (χ0v) is 9.57. The van der Waals surface area contributed by atoms with E-state index in [1.807, 2.05) is 56.3 Å². The normalized spacial score (nSPS) is 10.8. The lowest BCUT2D eigenvalue weighted by Gasteiger charge is -2.09. The lowest BCUT2D eigenvalue weighted by molar-refractivity contribution is 0.598. The van der Waals surface area contributed by atoms with Gasteiger partial charge >= 0.3 is 0 Å². The molecule has 0 aromatic heterocycles. The topological polar surface area (TPSA) is 0 Å². The molecular weight excluding hydrogens is 199 g/mol. The third-order valence-electron chi connectivity index (χ3n) is 2.73. The van der Waals surface area contributed by atoms with Crippen LogP contribution in [-0.2, 0) is 0 Å². The van der Waals surface area contributed by atoms with Gasteiger partial charge in [0.2, 0.25) is 0 Å². The second kappa shape index (κ2) is 4.48. The first-order valence-corrected chi connectivity index (χ1v) is 5.53. The van der Waals surface area contributed by atoms with Gasteiger partial charge in [-0.25, -0.2) is 4.39 Å². The molecule has 0 saturated carbocycles.